The molecule has 0 bridgehead atoms. The number of anilines is 1. The summed E-state index contributed by atoms with van der Waals surface area (Å²) in [5.41, 5.74) is 1.36. The molecule has 0 heterocycles. The number of halogens is 3. The van der Waals surface area contributed by atoms with E-state index >= 15 is 0 Å². The van der Waals surface area contributed by atoms with Gasteiger partial charge in [-0.25, -0.2) is 8.78 Å². The minimum atomic E-state index is -0.555. The largest absolute Gasteiger partial charge is 0.381 e. The van der Waals surface area contributed by atoms with Gasteiger partial charge in [-0.05, 0) is 52.9 Å². The van der Waals surface area contributed by atoms with Gasteiger partial charge in [-0.3, -0.25) is 0 Å². The molecule has 0 unspecified atom stereocenters. The second-order valence-corrected chi connectivity index (χ2v) is 4.84. The van der Waals surface area contributed by atoms with Crippen molar-refractivity contribution in [1.29, 1.82) is 0 Å². The van der Waals surface area contributed by atoms with Gasteiger partial charge in [0, 0.05) is 27.4 Å². The van der Waals surface area contributed by atoms with Crippen LogP contribution in [0.15, 0.2) is 42.5 Å². The average molecular weight is 345 g/mol. The molecule has 0 atom stereocenters. The van der Waals surface area contributed by atoms with E-state index in [0.717, 1.165) is 15.3 Å². The van der Waals surface area contributed by atoms with Gasteiger partial charge in [-0.2, -0.15) is 0 Å². The normalized spacial score (nSPS) is 10.3. The molecule has 2 aromatic carbocycles. The molecule has 88 valence electrons. The Morgan fingerprint density at radius 1 is 1.00 bits per heavy atom. The van der Waals surface area contributed by atoms with Crippen molar-refractivity contribution >= 4 is 28.3 Å². The highest BCUT2D eigenvalue weighted by Gasteiger charge is 2.03. The fraction of sp³-hybridized carbons (Fsp3) is 0.0769. The quantitative estimate of drug-likeness (QED) is 0.823. The van der Waals surface area contributed by atoms with E-state index in [9.17, 15) is 8.78 Å². The van der Waals surface area contributed by atoms with Crippen molar-refractivity contribution in [3.05, 3.63) is 63.2 Å². The number of rotatable bonds is 3. The molecule has 0 aliphatic heterocycles. The van der Waals surface area contributed by atoms with Crippen molar-refractivity contribution < 1.29 is 8.78 Å². The zero-order valence-electron chi connectivity index (χ0n) is 8.88. The van der Waals surface area contributed by atoms with Gasteiger partial charge in [-0.15, -0.1) is 0 Å². The van der Waals surface area contributed by atoms with Gasteiger partial charge in [0.15, 0.2) is 0 Å². The Balaban J connectivity index is 2.04. The van der Waals surface area contributed by atoms with Gasteiger partial charge in [0.05, 0.1) is 0 Å². The SMILES string of the molecule is Fc1ccc(CNc2ccc(I)cc2)c(F)c1. The lowest BCUT2D eigenvalue weighted by Crippen LogP contribution is -2.02. The van der Waals surface area contributed by atoms with Crippen LogP contribution < -0.4 is 5.32 Å². The highest BCUT2D eigenvalue weighted by atomic mass is 127. The number of hydrogen-bond acceptors (Lipinski definition) is 1. The van der Waals surface area contributed by atoms with Crippen LogP contribution in [0.25, 0.3) is 0 Å². The van der Waals surface area contributed by atoms with E-state index < -0.39 is 11.6 Å². The van der Waals surface area contributed by atoms with Crippen LogP contribution in [0, 0.1) is 15.2 Å². The number of benzene rings is 2. The second kappa shape index (κ2) is 5.44. The first-order valence-corrected chi connectivity index (χ1v) is 6.16. The second-order valence-electron chi connectivity index (χ2n) is 3.60. The summed E-state index contributed by atoms with van der Waals surface area (Å²) in [7, 11) is 0. The highest BCUT2D eigenvalue weighted by Crippen LogP contribution is 2.14. The maximum atomic E-state index is 13.3. The Kier molecular flexibility index (Phi) is 3.93. The van der Waals surface area contributed by atoms with Crippen molar-refractivity contribution in [2.24, 2.45) is 0 Å². The summed E-state index contributed by atoms with van der Waals surface area (Å²) in [5.74, 6) is -1.08. The zero-order chi connectivity index (χ0) is 12.3. The Bertz CT molecular complexity index is 511. The minimum absolute atomic E-state index is 0.340. The maximum Gasteiger partial charge on any atom is 0.131 e. The number of hydrogen-bond donors (Lipinski definition) is 1. The first-order valence-electron chi connectivity index (χ1n) is 5.08. The van der Waals surface area contributed by atoms with E-state index in [2.05, 4.69) is 27.9 Å². The first-order chi connectivity index (χ1) is 8.15. The summed E-state index contributed by atoms with van der Waals surface area (Å²) in [6.07, 6.45) is 0. The summed E-state index contributed by atoms with van der Waals surface area (Å²) in [5, 5.41) is 3.08. The van der Waals surface area contributed by atoms with Gasteiger partial charge in [-0.1, -0.05) is 6.07 Å². The van der Waals surface area contributed by atoms with Crippen LogP contribution in [-0.4, -0.2) is 0 Å². The molecule has 0 fully saturated rings. The van der Waals surface area contributed by atoms with Crippen LogP contribution in [0.1, 0.15) is 5.56 Å². The molecule has 0 aliphatic rings. The van der Waals surface area contributed by atoms with E-state index in [1.165, 1.54) is 12.1 Å². The Hall–Kier alpha value is -1.17. The van der Waals surface area contributed by atoms with Gasteiger partial charge < -0.3 is 5.32 Å². The predicted octanol–water partition coefficient (Wildman–Crippen LogP) is 4.18. The molecule has 0 saturated heterocycles. The lowest BCUT2D eigenvalue weighted by atomic mass is 10.2. The highest BCUT2D eigenvalue weighted by molar-refractivity contribution is 14.1. The third-order valence-electron chi connectivity index (χ3n) is 2.34. The Labute approximate surface area is 112 Å². The molecule has 1 nitrogen and oxygen atoms in total. The molecule has 2 aromatic rings. The molecule has 0 aliphatic carbocycles. The van der Waals surface area contributed by atoms with Gasteiger partial charge in [0.1, 0.15) is 11.6 Å². The zero-order valence-corrected chi connectivity index (χ0v) is 11.0. The molecular formula is C13H10F2IN. The lowest BCUT2D eigenvalue weighted by molar-refractivity contribution is 0.574. The molecule has 2 rings (SSSR count). The fourth-order valence-electron chi connectivity index (χ4n) is 1.43. The molecule has 0 spiro atoms. The van der Waals surface area contributed by atoms with Crippen molar-refractivity contribution in [3.8, 4) is 0 Å². The molecule has 0 aromatic heterocycles. The molecule has 0 radical (unpaired) electrons. The van der Waals surface area contributed by atoms with Crippen molar-refractivity contribution in [3.63, 3.8) is 0 Å². The third kappa shape index (κ3) is 3.39. The van der Waals surface area contributed by atoms with Crippen LogP contribution in [0.2, 0.25) is 0 Å². The third-order valence-corrected chi connectivity index (χ3v) is 3.06. The molecular weight excluding hydrogens is 335 g/mol. The smallest absolute Gasteiger partial charge is 0.131 e. The minimum Gasteiger partial charge on any atom is -0.381 e. The summed E-state index contributed by atoms with van der Waals surface area (Å²) in [6, 6.07) is 11.4. The average Bonchev–Trinajstić information content (AvgIpc) is 2.30. The van der Waals surface area contributed by atoms with Crippen LogP contribution in [0.3, 0.4) is 0 Å². The van der Waals surface area contributed by atoms with Crippen molar-refractivity contribution in [2.75, 3.05) is 5.32 Å². The van der Waals surface area contributed by atoms with Crippen LogP contribution in [0.5, 0.6) is 0 Å². The van der Waals surface area contributed by atoms with E-state index in [1.807, 2.05) is 24.3 Å². The number of nitrogens with one attached hydrogen (secondary N) is 1. The monoisotopic (exact) mass is 345 g/mol. The van der Waals surface area contributed by atoms with Crippen molar-refractivity contribution in [1.82, 2.24) is 0 Å². The summed E-state index contributed by atoms with van der Waals surface area (Å²) < 4.78 is 27.2. The first kappa shape index (κ1) is 12.3. The van der Waals surface area contributed by atoms with E-state index in [4.69, 9.17) is 0 Å². The standard InChI is InChI=1S/C13H10F2IN/c14-10-2-1-9(13(15)7-10)8-17-12-5-3-11(16)4-6-12/h1-7,17H,8H2. The molecule has 17 heavy (non-hydrogen) atoms. The van der Waals surface area contributed by atoms with Crippen LogP contribution >= 0.6 is 22.6 Å². The maximum absolute atomic E-state index is 13.3. The summed E-state index contributed by atoms with van der Waals surface area (Å²) in [4.78, 5) is 0. The van der Waals surface area contributed by atoms with Gasteiger partial charge in [0.25, 0.3) is 0 Å². The fourth-order valence-corrected chi connectivity index (χ4v) is 1.79. The topological polar surface area (TPSA) is 12.0 Å². The van der Waals surface area contributed by atoms with Gasteiger partial charge >= 0.3 is 0 Å². The van der Waals surface area contributed by atoms with E-state index in [-0.39, 0.29) is 0 Å². The van der Waals surface area contributed by atoms with E-state index in [0.29, 0.717) is 12.1 Å². The molecule has 4 heteroatoms. The molecule has 0 amide bonds. The Morgan fingerprint density at radius 3 is 2.35 bits per heavy atom. The molecule has 0 saturated carbocycles. The van der Waals surface area contributed by atoms with Crippen LogP contribution in [-0.2, 0) is 6.54 Å². The lowest BCUT2D eigenvalue weighted by Gasteiger charge is -2.07. The Morgan fingerprint density at radius 2 is 1.71 bits per heavy atom. The van der Waals surface area contributed by atoms with Gasteiger partial charge in [0.2, 0.25) is 0 Å². The van der Waals surface area contributed by atoms with E-state index in [1.54, 1.807) is 0 Å². The summed E-state index contributed by atoms with van der Waals surface area (Å²) >= 11 is 2.22. The predicted molar refractivity (Wildman–Crippen MR) is 72.8 cm³/mol. The molecule has 1 N–H and O–H groups in total. The summed E-state index contributed by atoms with van der Waals surface area (Å²) in [6.45, 7) is 0.340. The van der Waals surface area contributed by atoms with Crippen molar-refractivity contribution in [2.45, 2.75) is 6.54 Å². The van der Waals surface area contributed by atoms with Crippen LogP contribution in [0.4, 0.5) is 14.5 Å².